The average Bonchev–Trinajstić information content (AvgIpc) is 2.83. The van der Waals surface area contributed by atoms with Crippen molar-refractivity contribution in [1.29, 1.82) is 0 Å². The minimum absolute atomic E-state index is 0.00923. The number of methoxy groups -OCH3 is 1. The molecule has 9 nitrogen and oxygen atoms in total. The van der Waals surface area contributed by atoms with E-state index in [1.54, 1.807) is 74.0 Å². The first-order valence-corrected chi connectivity index (χ1v) is 10.4. The molecule has 1 atom stereocenters. The van der Waals surface area contributed by atoms with E-state index < -0.39 is 18.0 Å². The topological polar surface area (TPSA) is 139 Å². The number of pyridine rings is 1. The van der Waals surface area contributed by atoms with Crippen molar-refractivity contribution in [1.82, 2.24) is 10.3 Å². The van der Waals surface area contributed by atoms with Crippen LogP contribution >= 0.6 is 0 Å². The molecule has 0 spiro atoms. The molecule has 2 aromatic carbocycles. The molecular weight excluding hydrogens is 422 g/mol. The zero-order valence-corrected chi connectivity index (χ0v) is 18.2. The van der Waals surface area contributed by atoms with Crippen LogP contribution in [0.4, 0.5) is 21.9 Å². The molecule has 0 aliphatic carbocycles. The molecule has 0 radical (unpaired) electrons. The van der Waals surface area contributed by atoms with Crippen molar-refractivity contribution in [3.05, 3.63) is 78.1 Å². The van der Waals surface area contributed by atoms with Crippen LogP contribution in [0.1, 0.15) is 34.9 Å². The molecule has 6 N–H and O–H groups in total. The fraction of sp³-hybridized carbons (Fsp3) is 0.208. The van der Waals surface area contributed by atoms with Gasteiger partial charge in [0.1, 0.15) is 11.4 Å². The molecule has 1 aromatic heterocycles. The van der Waals surface area contributed by atoms with Crippen LogP contribution in [0.25, 0.3) is 0 Å². The van der Waals surface area contributed by atoms with Gasteiger partial charge in [0, 0.05) is 18.5 Å². The number of nitrogen functional groups attached to an aromatic ring is 1. The number of amides is 3. The molecule has 172 valence electrons. The van der Waals surface area contributed by atoms with Gasteiger partial charge in [-0.25, -0.2) is 4.79 Å². The molecule has 0 saturated carbocycles. The number of aliphatic hydroxyl groups is 1. The number of hydrogen-bond acceptors (Lipinski definition) is 6. The van der Waals surface area contributed by atoms with Crippen LogP contribution in [-0.4, -0.2) is 35.7 Å². The molecule has 3 amide bonds. The average molecular weight is 450 g/mol. The van der Waals surface area contributed by atoms with E-state index in [2.05, 4.69) is 20.9 Å². The van der Waals surface area contributed by atoms with Gasteiger partial charge in [-0.3, -0.25) is 9.78 Å². The third kappa shape index (κ3) is 6.68. The summed E-state index contributed by atoms with van der Waals surface area (Å²) in [5, 5.41) is 17.6. The summed E-state index contributed by atoms with van der Waals surface area (Å²) >= 11 is 0. The summed E-state index contributed by atoms with van der Waals surface area (Å²) in [4.78, 5) is 29.2. The lowest BCUT2D eigenvalue weighted by Gasteiger charge is -2.19. The van der Waals surface area contributed by atoms with E-state index in [1.807, 2.05) is 0 Å². The van der Waals surface area contributed by atoms with Gasteiger partial charge in [-0.1, -0.05) is 18.2 Å². The van der Waals surface area contributed by atoms with E-state index in [0.717, 1.165) is 0 Å². The number of carbonyl (C=O) groups is 2. The summed E-state index contributed by atoms with van der Waals surface area (Å²) in [6, 6.07) is 16.4. The van der Waals surface area contributed by atoms with Gasteiger partial charge in [-0.15, -0.1) is 0 Å². The third-order valence-electron chi connectivity index (χ3n) is 4.93. The lowest BCUT2D eigenvalue weighted by Crippen LogP contribution is -2.33. The Bertz CT molecular complexity index is 1070. The first kappa shape index (κ1) is 23.6. The van der Waals surface area contributed by atoms with Crippen molar-refractivity contribution in [2.24, 2.45) is 0 Å². The number of aromatic nitrogens is 1. The molecular formula is C24H27N5O4. The Morgan fingerprint density at radius 1 is 1.06 bits per heavy atom. The Morgan fingerprint density at radius 2 is 1.82 bits per heavy atom. The quantitative estimate of drug-likeness (QED) is 0.317. The van der Waals surface area contributed by atoms with Gasteiger partial charge >= 0.3 is 6.03 Å². The standard InChI is InChI=1S/C24H27N5O4/c1-33-18-11-9-17(10-12-18)27-24(32)29-20(7-4-14-30)16-8-13-22(26-15-16)23(31)28-21-6-3-2-5-19(21)25/h2-3,5-6,8-13,15,20,30H,4,7,14,25H2,1H3,(H,28,31)(H2,27,29,32). The molecule has 3 aromatic rings. The minimum Gasteiger partial charge on any atom is -0.497 e. The fourth-order valence-corrected chi connectivity index (χ4v) is 3.16. The number of nitrogens with zero attached hydrogens (tertiary/aromatic N) is 1. The Balaban J connectivity index is 1.66. The van der Waals surface area contributed by atoms with E-state index in [4.69, 9.17) is 10.5 Å². The normalized spacial score (nSPS) is 11.3. The zero-order chi connectivity index (χ0) is 23.6. The second-order valence-corrected chi connectivity index (χ2v) is 7.26. The maximum Gasteiger partial charge on any atom is 0.319 e. The number of benzene rings is 2. The maximum absolute atomic E-state index is 12.5. The van der Waals surface area contributed by atoms with Crippen LogP contribution in [0, 0.1) is 0 Å². The number of para-hydroxylation sites is 2. The van der Waals surface area contributed by atoms with Crippen molar-refractivity contribution in [3.63, 3.8) is 0 Å². The highest BCUT2D eigenvalue weighted by Gasteiger charge is 2.17. The molecule has 0 saturated heterocycles. The van der Waals surface area contributed by atoms with Crippen LogP contribution < -0.4 is 26.4 Å². The van der Waals surface area contributed by atoms with Gasteiger partial charge in [0.2, 0.25) is 0 Å². The summed E-state index contributed by atoms with van der Waals surface area (Å²) in [6.45, 7) is -0.00923. The van der Waals surface area contributed by atoms with E-state index in [0.29, 0.717) is 41.2 Å². The molecule has 0 bridgehead atoms. The van der Waals surface area contributed by atoms with Crippen LogP contribution in [0.2, 0.25) is 0 Å². The smallest absolute Gasteiger partial charge is 0.319 e. The molecule has 1 unspecified atom stereocenters. The SMILES string of the molecule is COc1ccc(NC(=O)NC(CCCO)c2ccc(C(=O)Nc3ccccc3N)nc2)cc1. The van der Waals surface area contributed by atoms with Crippen molar-refractivity contribution in [2.45, 2.75) is 18.9 Å². The lowest BCUT2D eigenvalue weighted by atomic mass is 10.0. The molecule has 0 aliphatic heterocycles. The number of urea groups is 1. The minimum atomic E-state index is -0.399. The second-order valence-electron chi connectivity index (χ2n) is 7.26. The van der Waals surface area contributed by atoms with Gasteiger partial charge in [0.25, 0.3) is 5.91 Å². The largest absolute Gasteiger partial charge is 0.497 e. The number of nitrogens with one attached hydrogen (secondary N) is 3. The van der Waals surface area contributed by atoms with Crippen LogP contribution in [0.3, 0.4) is 0 Å². The van der Waals surface area contributed by atoms with Gasteiger partial charge in [0.15, 0.2) is 0 Å². The van der Waals surface area contributed by atoms with Crippen LogP contribution in [0.15, 0.2) is 66.9 Å². The summed E-state index contributed by atoms with van der Waals surface area (Å²) in [5.74, 6) is 0.295. The van der Waals surface area contributed by atoms with Gasteiger partial charge in [-0.05, 0) is 60.9 Å². The van der Waals surface area contributed by atoms with E-state index in [1.165, 1.54) is 0 Å². The first-order chi connectivity index (χ1) is 16.0. The van der Waals surface area contributed by atoms with E-state index in [-0.39, 0.29) is 12.3 Å². The summed E-state index contributed by atoms with van der Waals surface area (Å²) < 4.78 is 5.11. The van der Waals surface area contributed by atoms with Crippen molar-refractivity contribution >= 4 is 29.0 Å². The third-order valence-corrected chi connectivity index (χ3v) is 4.93. The predicted molar refractivity (Wildman–Crippen MR) is 127 cm³/mol. The highest BCUT2D eigenvalue weighted by molar-refractivity contribution is 6.04. The molecule has 0 aliphatic rings. The van der Waals surface area contributed by atoms with Crippen molar-refractivity contribution < 1.29 is 19.4 Å². The number of rotatable bonds is 9. The van der Waals surface area contributed by atoms with Gasteiger partial charge in [0.05, 0.1) is 24.5 Å². The van der Waals surface area contributed by atoms with Crippen molar-refractivity contribution in [2.75, 3.05) is 30.1 Å². The van der Waals surface area contributed by atoms with Crippen molar-refractivity contribution in [3.8, 4) is 5.75 Å². The van der Waals surface area contributed by atoms with Crippen LogP contribution in [-0.2, 0) is 0 Å². The molecule has 33 heavy (non-hydrogen) atoms. The highest BCUT2D eigenvalue weighted by atomic mass is 16.5. The molecule has 0 fully saturated rings. The molecule has 1 heterocycles. The van der Waals surface area contributed by atoms with E-state index >= 15 is 0 Å². The highest BCUT2D eigenvalue weighted by Crippen LogP contribution is 2.21. The number of anilines is 3. The number of hydrogen-bond donors (Lipinski definition) is 5. The number of ether oxygens (including phenoxy) is 1. The van der Waals surface area contributed by atoms with E-state index in [9.17, 15) is 14.7 Å². The Labute approximate surface area is 192 Å². The van der Waals surface area contributed by atoms with Gasteiger partial charge in [-0.2, -0.15) is 0 Å². The number of aliphatic hydroxyl groups excluding tert-OH is 1. The predicted octanol–water partition coefficient (Wildman–Crippen LogP) is 3.56. The fourth-order valence-electron chi connectivity index (χ4n) is 3.16. The summed E-state index contributed by atoms with van der Waals surface area (Å²) in [7, 11) is 1.57. The Hall–Kier alpha value is -4.11. The maximum atomic E-state index is 12.5. The summed E-state index contributed by atoms with van der Waals surface area (Å²) in [5.41, 5.74) is 8.36. The lowest BCUT2D eigenvalue weighted by molar-refractivity contribution is 0.102. The zero-order valence-electron chi connectivity index (χ0n) is 18.2. The van der Waals surface area contributed by atoms with Crippen LogP contribution in [0.5, 0.6) is 5.75 Å². The summed E-state index contributed by atoms with van der Waals surface area (Å²) in [6.07, 6.45) is 2.53. The molecule has 9 heteroatoms. The first-order valence-electron chi connectivity index (χ1n) is 10.4. The number of carbonyl (C=O) groups excluding carboxylic acids is 2. The Morgan fingerprint density at radius 3 is 2.45 bits per heavy atom. The molecule has 3 rings (SSSR count). The number of nitrogens with two attached hydrogens (primary N) is 1. The van der Waals surface area contributed by atoms with Gasteiger partial charge < -0.3 is 31.5 Å². The second kappa shape index (κ2) is 11.5. The Kier molecular flexibility index (Phi) is 8.20. The monoisotopic (exact) mass is 449 g/mol.